The number of nitrogens with zero attached hydrogens (tertiary/aromatic N) is 4. The maximum absolute atomic E-state index is 13.6. The fourth-order valence-corrected chi connectivity index (χ4v) is 2.92. The first kappa shape index (κ1) is 18.9. The normalized spacial score (nSPS) is 14.2. The summed E-state index contributed by atoms with van der Waals surface area (Å²) in [4.78, 5) is 25.0. The van der Waals surface area contributed by atoms with Gasteiger partial charge in [0.1, 0.15) is 17.5 Å². The number of carbonyl (C=O) groups is 1. The first-order chi connectivity index (χ1) is 13.0. The number of piperazine rings is 1. The highest BCUT2D eigenvalue weighted by Gasteiger charge is 2.23. The van der Waals surface area contributed by atoms with Crippen molar-refractivity contribution in [3.63, 3.8) is 0 Å². The maximum Gasteiger partial charge on any atom is 0.321 e. The molecule has 2 aromatic rings. The highest BCUT2D eigenvalue weighted by atomic mass is 19.1. The van der Waals surface area contributed by atoms with Crippen molar-refractivity contribution in [2.45, 2.75) is 20.8 Å². The summed E-state index contributed by atoms with van der Waals surface area (Å²) < 4.78 is 19.1. The Hall–Kier alpha value is -2.90. The van der Waals surface area contributed by atoms with Gasteiger partial charge in [0.25, 0.3) is 0 Å². The molecule has 8 heteroatoms. The van der Waals surface area contributed by atoms with Crippen LogP contribution in [-0.4, -0.2) is 53.7 Å². The zero-order valence-electron chi connectivity index (χ0n) is 15.8. The minimum absolute atomic E-state index is 0.230. The van der Waals surface area contributed by atoms with Crippen molar-refractivity contribution in [1.82, 2.24) is 14.9 Å². The van der Waals surface area contributed by atoms with E-state index in [0.29, 0.717) is 55.7 Å². The topological polar surface area (TPSA) is 70.6 Å². The number of carbonyl (C=O) groups excluding carboxylic acids is 1. The van der Waals surface area contributed by atoms with Crippen LogP contribution in [-0.2, 0) is 0 Å². The minimum Gasteiger partial charge on any atom is -0.478 e. The maximum atomic E-state index is 13.6. The molecule has 144 valence electrons. The molecule has 1 aliphatic rings. The van der Waals surface area contributed by atoms with Crippen molar-refractivity contribution in [3.8, 4) is 5.88 Å². The lowest BCUT2D eigenvalue weighted by Gasteiger charge is -2.35. The van der Waals surface area contributed by atoms with Crippen LogP contribution in [0.5, 0.6) is 5.88 Å². The summed E-state index contributed by atoms with van der Waals surface area (Å²) in [6.45, 7) is 8.37. The molecule has 7 nitrogen and oxygen atoms in total. The molecule has 1 saturated heterocycles. The van der Waals surface area contributed by atoms with E-state index in [2.05, 4.69) is 20.2 Å². The number of anilines is 2. The molecule has 2 amide bonds. The smallest absolute Gasteiger partial charge is 0.321 e. The zero-order chi connectivity index (χ0) is 19.4. The van der Waals surface area contributed by atoms with Gasteiger partial charge >= 0.3 is 6.03 Å². The van der Waals surface area contributed by atoms with Crippen LogP contribution in [0.1, 0.15) is 18.3 Å². The van der Waals surface area contributed by atoms with Gasteiger partial charge in [-0.2, -0.15) is 4.98 Å². The second-order valence-corrected chi connectivity index (χ2v) is 6.41. The quantitative estimate of drug-likeness (QED) is 0.892. The number of aryl methyl sites for hydroxylation is 2. The molecule has 1 aliphatic heterocycles. The molecule has 2 heterocycles. The van der Waals surface area contributed by atoms with Crippen LogP contribution in [0.4, 0.5) is 20.7 Å². The summed E-state index contributed by atoms with van der Waals surface area (Å²) in [5.41, 5.74) is 1.01. The predicted molar refractivity (Wildman–Crippen MR) is 102 cm³/mol. The Labute approximate surface area is 158 Å². The number of rotatable bonds is 4. The van der Waals surface area contributed by atoms with Gasteiger partial charge in [0.05, 0.1) is 6.61 Å². The van der Waals surface area contributed by atoms with E-state index in [9.17, 15) is 9.18 Å². The van der Waals surface area contributed by atoms with E-state index in [1.165, 1.54) is 6.07 Å². The predicted octanol–water partition coefficient (Wildman–Crippen LogP) is 2.99. The van der Waals surface area contributed by atoms with Gasteiger partial charge in [0.15, 0.2) is 0 Å². The van der Waals surface area contributed by atoms with Crippen LogP contribution < -0.4 is 15.0 Å². The van der Waals surface area contributed by atoms with E-state index in [1.54, 1.807) is 24.0 Å². The minimum atomic E-state index is -0.332. The van der Waals surface area contributed by atoms with Gasteiger partial charge in [-0.25, -0.2) is 14.2 Å². The van der Waals surface area contributed by atoms with Gasteiger partial charge < -0.3 is 19.9 Å². The fourth-order valence-electron chi connectivity index (χ4n) is 2.92. The van der Waals surface area contributed by atoms with Crippen molar-refractivity contribution in [1.29, 1.82) is 0 Å². The number of hydrogen-bond donors (Lipinski definition) is 1. The molecule has 0 unspecified atom stereocenters. The zero-order valence-corrected chi connectivity index (χ0v) is 15.8. The number of nitrogens with one attached hydrogen (secondary N) is 1. The van der Waals surface area contributed by atoms with Crippen molar-refractivity contribution >= 4 is 17.5 Å². The van der Waals surface area contributed by atoms with Gasteiger partial charge in [-0.05, 0) is 38.5 Å². The molecule has 1 N–H and O–H groups in total. The number of halogens is 1. The van der Waals surface area contributed by atoms with Crippen molar-refractivity contribution < 1.29 is 13.9 Å². The molecule has 0 atom stereocenters. The van der Waals surface area contributed by atoms with E-state index >= 15 is 0 Å². The Morgan fingerprint density at radius 2 is 1.93 bits per heavy atom. The lowest BCUT2D eigenvalue weighted by molar-refractivity contribution is 0.208. The number of amides is 2. The SMILES string of the molecule is CCOc1cc(N2CCN(C(=O)Nc3ccc(C)c(F)c3)CC2)nc(C)n1. The molecule has 0 aliphatic carbocycles. The largest absolute Gasteiger partial charge is 0.478 e. The molecule has 1 aromatic carbocycles. The molecular weight excluding hydrogens is 349 g/mol. The Kier molecular flexibility index (Phi) is 5.73. The van der Waals surface area contributed by atoms with E-state index in [-0.39, 0.29) is 11.8 Å². The molecule has 0 bridgehead atoms. The van der Waals surface area contributed by atoms with Gasteiger partial charge in [-0.3, -0.25) is 0 Å². The molecule has 0 spiro atoms. The lowest BCUT2D eigenvalue weighted by Crippen LogP contribution is -2.50. The average Bonchev–Trinajstić information content (AvgIpc) is 2.65. The van der Waals surface area contributed by atoms with Crippen LogP contribution >= 0.6 is 0 Å². The van der Waals surface area contributed by atoms with Crippen molar-refractivity contribution in [2.24, 2.45) is 0 Å². The van der Waals surface area contributed by atoms with Crippen LogP contribution in [0, 0.1) is 19.7 Å². The first-order valence-electron chi connectivity index (χ1n) is 9.01. The number of hydrogen-bond acceptors (Lipinski definition) is 5. The van der Waals surface area contributed by atoms with Crippen LogP contribution in [0.15, 0.2) is 24.3 Å². The van der Waals surface area contributed by atoms with Crippen molar-refractivity contribution in [3.05, 3.63) is 41.5 Å². The molecule has 27 heavy (non-hydrogen) atoms. The third kappa shape index (κ3) is 4.64. The number of ether oxygens (including phenoxy) is 1. The Morgan fingerprint density at radius 1 is 1.19 bits per heavy atom. The highest BCUT2D eigenvalue weighted by Crippen LogP contribution is 2.20. The van der Waals surface area contributed by atoms with Gasteiger partial charge in [0, 0.05) is 37.9 Å². The second kappa shape index (κ2) is 8.20. The third-order valence-corrected chi connectivity index (χ3v) is 4.41. The second-order valence-electron chi connectivity index (χ2n) is 6.41. The van der Waals surface area contributed by atoms with E-state index in [0.717, 1.165) is 5.82 Å². The Bertz CT molecular complexity index is 822. The summed E-state index contributed by atoms with van der Waals surface area (Å²) in [5.74, 6) is 1.67. The number of urea groups is 1. The monoisotopic (exact) mass is 373 g/mol. The summed E-state index contributed by atoms with van der Waals surface area (Å²) in [7, 11) is 0. The first-order valence-corrected chi connectivity index (χ1v) is 9.01. The van der Waals surface area contributed by atoms with Crippen molar-refractivity contribution in [2.75, 3.05) is 43.0 Å². The molecular formula is C19H24FN5O2. The number of benzene rings is 1. The Morgan fingerprint density at radius 3 is 2.59 bits per heavy atom. The van der Waals surface area contributed by atoms with E-state index in [1.807, 2.05) is 19.9 Å². The molecule has 1 fully saturated rings. The molecule has 3 rings (SSSR count). The third-order valence-electron chi connectivity index (χ3n) is 4.41. The standard InChI is InChI=1S/C19H24FN5O2/c1-4-27-18-12-17(21-14(3)22-18)24-7-9-25(10-8-24)19(26)23-15-6-5-13(2)16(20)11-15/h5-6,11-12H,4,7-10H2,1-3H3,(H,23,26). The molecule has 0 radical (unpaired) electrons. The highest BCUT2D eigenvalue weighted by molar-refractivity contribution is 5.89. The average molecular weight is 373 g/mol. The summed E-state index contributed by atoms with van der Waals surface area (Å²) in [6, 6.07) is 6.28. The molecule has 1 aromatic heterocycles. The fraction of sp³-hybridized carbons (Fsp3) is 0.421. The van der Waals surface area contributed by atoms with Gasteiger partial charge in [0.2, 0.25) is 5.88 Å². The van der Waals surface area contributed by atoms with Crippen LogP contribution in [0.3, 0.4) is 0 Å². The summed E-state index contributed by atoms with van der Waals surface area (Å²) in [5, 5.41) is 2.75. The summed E-state index contributed by atoms with van der Waals surface area (Å²) in [6.07, 6.45) is 0. The number of aromatic nitrogens is 2. The van der Waals surface area contributed by atoms with Crippen LogP contribution in [0.25, 0.3) is 0 Å². The van der Waals surface area contributed by atoms with E-state index < -0.39 is 0 Å². The summed E-state index contributed by atoms with van der Waals surface area (Å²) >= 11 is 0. The van der Waals surface area contributed by atoms with E-state index in [4.69, 9.17) is 4.74 Å². The van der Waals surface area contributed by atoms with Gasteiger partial charge in [-0.1, -0.05) is 6.07 Å². The van der Waals surface area contributed by atoms with Gasteiger partial charge in [-0.15, -0.1) is 0 Å². The van der Waals surface area contributed by atoms with Crippen LogP contribution in [0.2, 0.25) is 0 Å². The lowest BCUT2D eigenvalue weighted by atomic mass is 10.2. The molecule has 0 saturated carbocycles. The Balaban J connectivity index is 1.59.